The molecule has 0 unspecified atom stereocenters. The SMILES string of the molecule is CCOC(=O)Cc1csc(NCCc2cnn(C)c2)n1. The number of nitrogens with zero attached hydrogens (tertiary/aromatic N) is 3. The number of carbonyl (C=O) groups is 1. The molecule has 7 heteroatoms. The Kier molecular flexibility index (Phi) is 5.11. The summed E-state index contributed by atoms with van der Waals surface area (Å²) in [5.41, 5.74) is 1.93. The maximum Gasteiger partial charge on any atom is 0.311 e. The van der Waals surface area contributed by atoms with E-state index in [0.717, 1.165) is 23.8 Å². The third kappa shape index (κ3) is 4.34. The molecule has 0 aliphatic rings. The van der Waals surface area contributed by atoms with Crippen molar-refractivity contribution in [1.29, 1.82) is 0 Å². The van der Waals surface area contributed by atoms with Gasteiger partial charge in [-0.1, -0.05) is 0 Å². The van der Waals surface area contributed by atoms with Gasteiger partial charge in [-0.25, -0.2) is 4.98 Å². The van der Waals surface area contributed by atoms with E-state index in [-0.39, 0.29) is 12.4 Å². The second-order valence-electron chi connectivity index (χ2n) is 4.32. The van der Waals surface area contributed by atoms with Gasteiger partial charge in [-0.05, 0) is 18.9 Å². The number of aryl methyl sites for hydroxylation is 1. The van der Waals surface area contributed by atoms with Crippen LogP contribution in [0.25, 0.3) is 0 Å². The van der Waals surface area contributed by atoms with Crippen molar-refractivity contribution in [3.8, 4) is 0 Å². The average molecular weight is 294 g/mol. The largest absolute Gasteiger partial charge is 0.466 e. The summed E-state index contributed by atoms with van der Waals surface area (Å²) in [5.74, 6) is -0.236. The van der Waals surface area contributed by atoms with Gasteiger partial charge in [-0.3, -0.25) is 9.48 Å². The molecule has 0 radical (unpaired) electrons. The molecule has 0 saturated heterocycles. The molecular weight excluding hydrogens is 276 g/mol. The molecule has 6 nitrogen and oxygen atoms in total. The molecule has 0 aromatic carbocycles. The van der Waals surface area contributed by atoms with E-state index < -0.39 is 0 Å². The summed E-state index contributed by atoms with van der Waals surface area (Å²) in [5, 5.41) is 10.1. The third-order valence-corrected chi connectivity index (χ3v) is 3.48. The number of hydrogen-bond donors (Lipinski definition) is 1. The van der Waals surface area contributed by atoms with Gasteiger partial charge >= 0.3 is 5.97 Å². The van der Waals surface area contributed by atoms with Crippen LogP contribution in [0.15, 0.2) is 17.8 Å². The summed E-state index contributed by atoms with van der Waals surface area (Å²) in [4.78, 5) is 15.7. The average Bonchev–Trinajstić information content (AvgIpc) is 3.00. The Labute approximate surface area is 121 Å². The molecule has 0 atom stereocenters. The lowest BCUT2D eigenvalue weighted by Gasteiger charge is -2.00. The zero-order chi connectivity index (χ0) is 14.4. The fourth-order valence-electron chi connectivity index (χ4n) is 1.74. The third-order valence-electron chi connectivity index (χ3n) is 2.63. The normalized spacial score (nSPS) is 10.5. The zero-order valence-corrected chi connectivity index (χ0v) is 12.4. The molecule has 0 saturated carbocycles. The molecule has 0 amide bonds. The van der Waals surface area contributed by atoms with Gasteiger partial charge in [-0.15, -0.1) is 11.3 Å². The number of esters is 1. The zero-order valence-electron chi connectivity index (χ0n) is 11.6. The molecule has 20 heavy (non-hydrogen) atoms. The Hall–Kier alpha value is -1.89. The van der Waals surface area contributed by atoms with Gasteiger partial charge in [0.2, 0.25) is 0 Å². The van der Waals surface area contributed by atoms with Crippen molar-refractivity contribution in [1.82, 2.24) is 14.8 Å². The van der Waals surface area contributed by atoms with Crippen molar-refractivity contribution < 1.29 is 9.53 Å². The molecule has 2 aromatic heterocycles. The van der Waals surface area contributed by atoms with Gasteiger partial charge in [0.15, 0.2) is 5.13 Å². The maximum atomic E-state index is 11.3. The molecule has 0 aliphatic heterocycles. The van der Waals surface area contributed by atoms with Crippen LogP contribution in [0.2, 0.25) is 0 Å². The summed E-state index contributed by atoms with van der Waals surface area (Å²) in [7, 11) is 1.90. The van der Waals surface area contributed by atoms with Crippen molar-refractivity contribution in [2.75, 3.05) is 18.5 Å². The minimum absolute atomic E-state index is 0.231. The van der Waals surface area contributed by atoms with E-state index in [1.807, 2.05) is 24.8 Å². The first-order valence-corrected chi connectivity index (χ1v) is 7.36. The van der Waals surface area contributed by atoms with E-state index in [4.69, 9.17) is 4.74 Å². The van der Waals surface area contributed by atoms with Gasteiger partial charge in [0.25, 0.3) is 0 Å². The first-order valence-electron chi connectivity index (χ1n) is 6.48. The highest BCUT2D eigenvalue weighted by Gasteiger charge is 2.08. The van der Waals surface area contributed by atoms with Gasteiger partial charge in [0.05, 0.1) is 24.9 Å². The predicted molar refractivity (Wildman–Crippen MR) is 77.9 cm³/mol. The van der Waals surface area contributed by atoms with Crippen LogP contribution < -0.4 is 5.32 Å². The van der Waals surface area contributed by atoms with Crippen LogP contribution in [0.4, 0.5) is 5.13 Å². The van der Waals surface area contributed by atoms with Crippen molar-refractivity contribution in [3.63, 3.8) is 0 Å². The van der Waals surface area contributed by atoms with E-state index in [2.05, 4.69) is 15.4 Å². The van der Waals surface area contributed by atoms with Crippen LogP contribution in [-0.4, -0.2) is 33.9 Å². The summed E-state index contributed by atoms with van der Waals surface area (Å²) >= 11 is 1.50. The van der Waals surface area contributed by atoms with Crippen molar-refractivity contribution in [3.05, 3.63) is 29.0 Å². The fourth-order valence-corrected chi connectivity index (χ4v) is 2.48. The molecule has 0 spiro atoms. The number of nitrogens with one attached hydrogen (secondary N) is 1. The maximum absolute atomic E-state index is 11.3. The van der Waals surface area contributed by atoms with Crippen molar-refractivity contribution in [2.24, 2.45) is 7.05 Å². The molecule has 2 rings (SSSR count). The van der Waals surface area contributed by atoms with Crippen molar-refractivity contribution in [2.45, 2.75) is 19.8 Å². The van der Waals surface area contributed by atoms with Crippen LogP contribution in [0.1, 0.15) is 18.2 Å². The summed E-state index contributed by atoms with van der Waals surface area (Å²) in [6.07, 6.45) is 4.97. The molecule has 0 aliphatic carbocycles. The van der Waals surface area contributed by atoms with Gasteiger partial charge in [0.1, 0.15) is 0 Å². The smallest absolute Gasteiger partial charge is 0.311 e. The molecule has 2 aromatic rings. The van der Waals surface area contributed by atoms with Crippen LogP contribution in [-0.2, 0) is 29.4 Å². The number of hydrogen-bond acceptors (Lipinski definition) is 6. The Morgan fingerprint density at radius 3 is 3.10 bits per heavy atom. The standard InChI is InChI=1S/C13H18N4O2S/c1-3-19-12(18)6-11-9-20-13(16-11)14-5-4-10-7-15-17(2)8-10/h7-9H,3-6H2,1-2H3,(H,14,16). The first-order chi connectivity index (χ1) is 9.67. The second-order valence-corrected chi connectivity index (χ2v) is 5.18. The Morgan fingerprint density at radius 2 is 2.40 bits per heavy atom. The number of rotatable bonds is 7. The van der Waals surface area contributed by atoms with Gasteiger partial charge in [-0.2, -0.15) is 5.10 Å². The van der Waals surface area contributed by atoms with Crippen LogP contribution in [0.5, 0.6) is 0 Å². The van der Waals surface area contributed by atoms with Crippen LogP contribution in [0.3, 0.4) is 0 Å². The summed E-state index contributed by atoms with van der Waals surface area (Å²) in [6, 6.07) is 0. The quantitative estimate of drug-likeness (QED) is 0.786. The molecule has 0 bridgehead atoms. The predicted octanol–water partition coefficient (Wildman–Crippen LogP) is 1.64. The topological polar surface area (TPSA) is 69.0 Å². The van der Waals surface area contributed by atoms with Crippen molar-refractivity contribution >= 4 is 22.4 Å². The number of carbonyl (C=O) groups excluding carboxylic acids is 1. The Balaban J connectivity index is 1.76. The number of anilines is 1. The van der Waals surface area contributed by atoms with E-state index >= 15 is 0 Å². The lowest BCUT2D eigenvalue weighted by Crippen LogP contribution is -2.08. The lowest BCUT2D eigenvalue weighted by atomic mass is 10.2. The number of ether oxygens (including phenoxy) is 1. The lowest BCUT2D eigenvalue weighted by molar-refractivity contribution is -0.142. The molecule has 1 N–H and O–H groups in total. The summed E-state index contributed by atoms with van der Waals surface area (Å²) < 4.78 is 6.68. The first kappa shape index (κ1) is 14.5. The number of aromatic nitrogens is 3. The van der Waals surface area contributed by atoms with Gasteiger partial charge in [0, 0.05) is 25.2 Å². The van der Waals surface area contributed by atoms with E-state index in [9.17, 15) is 4.79 Å². The van der Waals surface area contributed by atoms with E-state index in [0.29, 0.717) is 6.61 Å². The molecule has 108 valence electrons. The second kappa shape index (κ2) is 7.04. The number of thiazole rings is 1. The minimum atomic E-state index is -0.236. The summed E-state index contributed by atoms with van der Waals surface area (Å²) in [6.45, 7) is 2.99. The van der Waals surface area contributed by atoms with E-state index in [1.165, 1.54) is 16.9 Å². The highest BCUT2D eigenvalue weighted by Crippen LogP contribution is 2.16. The molecule has 2 heterocycles. The molecule has 0 fully saturated rings. The molecular formula is C13H18N4O2S. The van der Waals surface area contributed by atoms with E-state index in [1.54, 1.807) is 11.6 Å². The fraction of sp³-hybridized carbons (Fsp3) is 0.462. The highest BCUT2D eigenvalue weighted by molar-refractivity contribution is 7.13. The van der Waals surface area contributed by atoms with Gasteiger partial charge < -0.3 is 10.1 Å². The minimum Gasteiger partial charge on any atom is -0.466 e. The Bertz CT molecular complexity index is 564. The highest BCUT2D eigenvalue weighted by atomic mass is 32.1. The van der Waals surface area contributed by atoms with Crippen LogP contribution in [0, 0.1) is 0 Å². The van der Waals surface area contributed by atoms with Crippen LogP contribution >= 0.6 is 11.3 Å². The monoisotopic (exact) mass is 294 g/mol. The Morgan fingerprint density at radius 1 is 1.55 bits per heavy atom.